The second-order valence-electron chi connectivity index (χ2n) is 5.24. The molecular weight excluding hydrogens is 250 g/mol. The molecule has 0 radical (unpaired) electrons. The van der Waals surface area contributed by atoms with Crippen LogP contribution in [0.15, 0.2) is 42.7 Å². The van der Waals surface area contributed by atoms with Crippen LogP contribution < -0.4 is 0 Å². The van der Waals surface area contributed by atoms with Gasteiger partial charge in [-0.3, -0.25) is 4.79 Å². The summed E-state index contributed by atoms with van der Waals surface area (Å²) in [4.78, 5) is 22.4. The summed E-state index contributed by atoms with van der Waals surface area (Å²) < 4.78 is 0. The minimum Gasteiger partial charge on any atom is -0.341 e. The van der Waals surface area contributed by atoms with E-state index in [1.165, 1.54) is 0 Å². The summed E-state index contributed by atoms with van der Waals surface area (Å²) in [5.41, 5.74) is 1.47. The van der Waals surface area contributed by atoms with Crippen molar-refractivity contribution in [2.75, 3.05) is 13.6 Å². The van der Waals surface area contributed by atoms with Gasteiger partial charge in [0.2, 0.25) is 0 Å². The maximum absolute atomic E-state index is 12.2. The fourth-order valence-corrected chi connectivity index (χ4v) is 2.03. The van der Waals surface area contributed by atoms with Crippen molar-refractivity contribution in [1.82, 2.24) is 14.9 Å². The highest BCUT2D eigenvalue weighted by molar-refractivity contribution is 5.93. The van der Waals surface area contributed by atoms with Gasteiger partial charge in [-0.2, -0.15) is 0 Å². The van der Waals surface area contributed by atoms with Gasteiger partial charge in [0, 0.05) is 31.5 Å². The van der Waals surface area contributed by atoms with Crippen LogP contribution in [0.1, 0.15) is 24.2 Å². The number of amides is 1. The van der Waals surface area contributed by atoms with Gasteiger partial charge in [-0.05, 0) is 5.92 Å². The predicted octanol–water partition coefficient (Wildman–Crippen LogP) is 2.87. The maximum atomic E-state index is 12.2. The average Bonchev–Trinajstić information content (AvgIpc) is 2.47. The molecule has 0 aliphatic carbocycles. The fraction of sp³-hybridized carbons (Fsp3) is 0.312. The number of benzene rings is 1. The molecule has 1 heterocycles. The van der Waals surface area contributed by atoms with Crippen molar-refractivity contribution in [3.63, 3.8) is 0 Å². The lowest BCUT2D eigenvalue weighted by molar-refractivity contribution is 0.0778. The molecule has 1 aromatic carbocycles. The Bertz CT molecular complexity index is 564. The topological polar surface area (TPSA) is 46.1 Å². The molecular formula is C16H19N3O. The smallest absolute Gasteiger partial charge is 0.256 e. The van der Waals surface area contributed by atoms with Gasteiger partial charge in [-0.1, -0.05) is 44.2 Å². The van der Waals surface area contributed by atoms with Crippen LogP contribution in [0.2, 0.25) is 0 Å². The third-order valence-electron chi connectivity index (χ3n) is 2.92. The molecule has 0 N–H and O–H groups in total. The Hall–Kier alpha value is -2.23. The molecule has 0 atom stereocenters. The van der Waals surface area contributed by atoms with Crippen LogP contribution in [-0.2, 0) is 0 Å². The molecule has 4 heteroatoms. The van der Waals surface area contributed by atoms with Crippen LogP contribution in [-0.4, -0.2) is 34.4 Å². The molecule has 0 bridgehead atoms. The van der Waals surface area contributed by atoms with E-state index < -0.39 is 0 Å². The third-order valence-corrected chi connectivity index (χ3v) is 2.92. The predicted molar refractivity (Wildman–Crippen MR) is 79.3 cm³/mol. The van der Waals surface area contributed by atoms with E-state index in [1.807, 2.05) is 30.3 Å². The molecule has 0 unspecified atom stereocenters. The van der Waals surface area contributed by atoms with Crippen LogP contribution in [0.5, 0.6) is 0 Å². The molecule has 0 aliphatic rings. The Morgan fingerprint density at radius 1 is 1.15 bits per heavy atom. The minimum atomic E-state index is -0.0432. The Balaban J connectivity index is 2.14. The first-order valence-electron chi connectivity index (χ1n) is 6.71. The highest BCUT2D eigenvalue weighted by atomic mass is 16.2. The molecule has 104 valence electrons. The van der Waals surface area contributed by atoms with Gasteiger partial charge < -0.3 is 4.90 Å². The number of nitrogens with zero attached hydrogens (tertiary/aromatic N) is 3. The summed E-state index contributed by atoms with van der Waals surface area (Å²) in [5.74, 6) is 1.03. The van der Waals surface area contributed by atoms with Crippen molar-refractivity contribution >= 4 is 5.91 Å². The van der Waals surface area contributed by atoms with Crippen molar-refractivity contribution in [2.45, 2.75) is 13.8 Å². The van der Waals surface area contributed by atoms with E-state index in [9.17, 15) is 4.79 Å². The molecule has 0 saturated heterocycles. The number of carbonyl (C=O) groups excluding carboxylic acids is 1. The van der Waals surface area contributed by atoms with E-state index in [2.05, 4.69) is 23.8 Å². The number of hydrogen-bond donors (Lipinski definition) is 0. The van der Waals surface area contributed by atoms with Gasteiger partial charge in [0.15, 0.2) is 5.82 Å². The van der Waals surface area contributed by atoms with Gasteiger partial charge in [0.25, 0.3) is 5.91 Å². The zero-order valence-electron chi connectivity index (χ0n) is 12.1. The zero-order chi connectivity index (χ0) is 14.5. The van der Waals surface area contributed by atoms with E-state index >= 15 is 0 Å². The quantitative estimate of drug-likeness (QED) is 0.857. The fourth-order valence-electron chi connectivity index (χ4n) is 2.03. The standard InChI is InChI=1S/C16H19N3O/c1-12(2)11-19(3)16(20)14-9-17-15(18-10-14)13-7-5-4-6-8-13/h4-10,12H,11H2,1-3H3. The van der Waals surface area contributed by atoms with E-state index in [0.717, 1.165) is 12.1 Å². The molecule has 2 aromatic rings. The van der Waals surface area contributed by atoms with Gasteiger partial charge in [0.05, 0.1) is 5.56 Å². The Morgan fingerprint density at radius 2 is 1.75 bits per heavy atom. The average molecular weight is 269 g/mol. The van der Waals surface area contributed by atoms with Gasteiger partial charge in [-0.25, -0.2) is 9.97 Å². The molecule has 1 aromatic heterocycles. The van der Waals surface area contributed by atoms with E-state index in [0.29, 0.717) is 17.3 Å². The molecule has 1 amide bonds. The molecule has 4 nitrogen and oxygen atoms in total. The van der Waals surface area contributed by atoms with Crippen LogP contribution >= 0.6 is 0 Å². The summed E-state index contributed by atoms with van der Waals surface area (Å²) in [6.45, 7) is 4.89. The van der Waals surface area contributed by atoms with Crippen molar-refractivity contribution in [1.29, 1.82) is 0 Å². The van der Waals surface area contributed by atoms with Crippen molar-refractivity contribution in [3.05, 3.63) is 48.3 Å². The summed E-state index contributed by atoms with van der Waals surface area (Å²) in [7, 11) is 1.80. The first-order chi connectivity index (χ1) is 9.58. The molecule has 2 rings (SSSR count). The normalized spacial score (nSPS) is 10.6. The lowest BCUT2D eigenvalue weighted by atomic mass is 10.2. The number of carbonyl (C=O) groups is 1. The molecule has 0 saturated carbocycles. The van der Waals surface area contributed by atoms with Gasteiger partial charge in [-0.15, -0.1) is 0 Å². The first-order valence-corrected chi connectivity index (χ1v) is 6.71. The maximum Gasteiger partial charge on any atom is 0.256 e. The van der Waals surface area contributed by atoms with E-state index in [1.54, 1.807) is 24.3 Å². The minimum absolute atomic E-state index is 0.0432. The molecule has 0 spiro atoms. The summed E-state index contributed by atoms with van der Waals surface area (Å²) in [5, 5.41) is 0. The van der Waals surface area contributed by atoms with Gasteiger partial charge >= 0.3 is 0 Å². The summed E-state index contributed by atoms with van der Waals surface area (Å²) in [6, 6.07) is 9.72. The van der Waals surface area contributed by atoms with Crippen LogP contribution in [0.3, 0.4) is 0 Å². The van der Waals surface area contributed by atoms with Crippen LogP contribution in [0.4, 0.5) is 0 Å². The second kappa shape index (κ2) is 6.28. The monoisotopic (exact) mass is 269 g/mol. The van der Waals surface area contributed by atoms with Crippen LogP contribution in [0.25, 0.3) is 11.4 Å². The first kappa shape index (κ1) is 14.2. The van der Waals surface area contributed by atoms with E-state index in [4.69, 9.17) is 0 Å². The SMILES string of the molecule is CC(C)CN(C)C(=O)c1cnc(-c2ccccc2)nc1. The summed E-state index contributed by atoms with van der Waals surface area (Å²) in [6.07, 6.45) is 3.18. The Labute approximate surface area is 119 Å². The van der Waals surface area contributed by atoms with Crippen molar-refractivity contribution < 1.29 is 4.79 Å². The Morgan fingerprint density at radius 3 is 2.30 bits per heavy atom. The zero-order valence-corrected chi connectivity index (χ0v) is 12.1. The highest BCUT2D eigenvalue weighted by Crippen LogP contribution is 2.13. The largest absolute Gasteiger partial charge is 0.341 e. The lowest BCUT2D eigenvalue weighted by Gasteiger charge is -2.19. The number of rotatable bonds is 4. The lowest BCUT2D eigenvalue weighted by Crippen LogP contribution is -2.30. The summed E-state index contributed by atoms with van der Waals surface area (Å²) >= 11 is 0. The van der Waals surface area contributed by atoms with Crippen molar-refractivity contribution in [2.24, 2.45) is 5.92 Å². The highest BCUT2D eigenvalue weighted by Gasteiger charge is 2.13. The molecule has 20 heavy (non-hydrogen) atoms. The number of aromatic nitrogens is 2. The number of hydrogen-bond acceptors (Lipinski definition) is 3. The van der Waals surface area contributed by atoms with E-state index in [-0.39, 0.29) is 5.91 Å². The third kappa shape index (κ3) is 3.41. The van der Waals surface area contributed by atoms with Crippen LogP contribution in [0, 0.1) is 5.92 Å². The van der Waals surface area contributed by atoms with Crippen molar-refractivity contribution in [3.8, 4) is 11.4 Å². The molecule has 0 aliphatic heterocycles. The Kier molecular flexibility index (Phi) is 4.45. The molecule has 0 fully saturated rings. The van der Waals surface area contributed by atoms with Gasteiger partial charge in [0.1, 0.15) is 0 Å². The second-order valence-corrected chi connectivity index (χ2v) is 5.24.